The van der Waals surface area contributed by atoms with Crippen molar-refractivity contribution in [3.8, 4) is 5.75 Å². The van der Waals surface area contributed by atoms with E-state index >= 15 is 0 Å². The van der Waals surface area contributed by atoms with Crippen LogP contribution in [-0.2, 0) is 4.79 Å². The Labute approximate surface area is 175 Å². The third-order valence-corrected chi connectivity index (χ3v) is 4.69. The number of ether oxygens (including phenoxy) is 1. The lowest BCUT2D eigenvalue weighted by Gasteiger charge is -2.13. The first kappa shape index (κ1) is 21.0. The van der Waals surface area contributed by atoms with E-state index in [9.17, 15) is 18.8 Å². The fourth-order valence-electron chi connectivity index (χ4n) is 2.57. The summed E-state index contributed by atoms with van der Waals surface area (Å²) in [6.45, 7) is -0.217. The molecule has 0 unspecified atom stereocenters. The zero-order chi connectivity index (χ0) is 21.5. The van der Waals surface area contributed by atoms with Crippen molar-refractivity contribution in [3.63, 3.8) is 0 Å². The molecule has 0 bridgehead atoms. The molecule has 0 radical (unpaired) electrons. The number of halogens is 1. The molecular formula is C21H18FN3O4S. The van der Waals surface area contributed by atoms with Crippen LogP contribution in [0.15, 0.2) is 59.3 Å². The summed E-state index contributed by atoms with van der Waals surface area (Å²) in [5, 5.41) is 11.3. The Kier molecular flexibility index (Phi) is 6.76. The van der Waals surface area contributed by atoms with Crippen molar-refractivity contribution in [1.29, 1.82) is 0 Å². The molecule has 3 amide bonds. The number of carbonyl (C=O) groups is 3. The summed E-state index contributed by atoms with van der Waals surface area (Å²) >= 11 is 1.39. The summed E-state index contributed by atoms with van der Waals surface area (Å²) in [7, 11) is 1.44. The number of carbonyl (C=O) groups excluding carboxylic acids is 3. The maximum absolute atomic E-state index is 13.4. The predicted molar refractivity (Wildman–Crippen MR) is 113 cm³/mol. The molecule has 0 aliphatic rings. The smallest absolute Gasteiger partial charge is 0.255 e. The third kappa shape index (κ3) is 5.42. The Morgan fingerprint density at radius 3 is 2.53 bits per heavy atom. The van der Waals surface area contributed by atoms with E-state index in [1.165, 1.54) is 42.7 Å². The zero-order valence-corrected chi connectivity index (χ0v) is 16.7. The van der Waals surface area contributed by atoms with E-state index in [0.717, 1.165) is 6.07 Å². The van der Waals surface area contributed by atoms with Gasteiger partial charge in [-0.2, -0.15) is 11.3 Å². The van der Waals surface area contributed by atoms with Gasteiger partial charge in [-0.05, 0) is 47.8 Å². The van der Waals surface area contributed by atoms with Gasteiger partial charge >= 0.3 is 0 Å². The first-order valence-corrected chi connectivity index (χ1v) is 9.76. The minimum absolute atomic E-state index is 0.141. The van der Waals surface area contributed by atoms with Gasteiger partial charge in [0, 0.05) is 22.2 Å². The highest BCUT2D eigenvalue weighted by Gasteiger charge is 2.13. The molecule has 0 fully saturated rings. The number of thiophene rings is 1. The summed E-state index contributed by atoms with van der Waals surface area (Å²) in [5.41, 5.74) is 1.31. The number of methoxy groups -OCH3 is 1. The van der Waals surface area contributed by atoms with Gasteiger partial charge < -0.3 is 20.7 Å². The summed E-state index contributed by atoms with van der Waals surface area (Å²) < 4.78 is 18.6. The minimum Gasteiger partial charge on any atom is -0.495 e. The van der Waals surface area contributed by atoms with Crippen LogP contribution < -0.4 is 20.7 Å². The number of amides is 3. The summed E-state index contributed by atoms with van der Waals surface area (Å²) in [4.78, 5) is 36.4. The minimum atomic E-state index is -0.528. The maximum atomic E-state index is 13.4. The molecule has 9 heteroatoms. The average molecular weight is 427 g/mol. The molecule has 0 spiro atoms. The van der Waals surface area contributed by atoms with Crippen molar-refractivity contribution in [2.24, 2.45) is 0 Å². The molecule has 30 heavy (non-hydrogen) atoms. The highest BCUT2D eigenvalue weighted by molar-refractivity contribution is 7.08. The third-order valence-electron chi connectivity index (χ3n) is 4.01. The number of rotatable bonds is 7. The van der Waals surface area contributed by atoms with E-state index in [1.54, 1.807) is 29.0 Å². The Morgan fingerprint density at radius 1 is 1.00 bits per heavy atom. The highest BCUT2D eigenvalue weighted by atomic mass is 32.1. The second-order valence-corrected chi connectivity index (χ2v) is 6.90. The number of hydrogen-bond acceptors (Lipinski definition) is 5. The van der Waals surface area contributed by atoms with Gasteiger partial charge in [0.25, 0.3) is 11.8 Å². The molecule has 3 N–H and O–H groups in total. The second kappa shape index (κ2) is 9.66. The van der Waals surface area contributed by atoms with Crippen LogP contribution in [0, 0.1) is 5.82 Å². The molecule has 2 aromatic carbocycles. The molecule has 1 aromatic heterocycles. The van der Waals surface area contributed by atoms with E-state index in [4.69, 9.17) is 4.74 Å². The topological polar surface area (TPSA) is 96.5 Å². The normalized spacial score (nSPS) is 10.2. The fourth-order valence-corrected chi connectivity index (χ4v) is 3.21. The highest BCUT2D eigenvalue weighted by Crippen LogP contribution is 2.28. The van der Waals surface area contributed by atoms with Gasteiger partial charge in [-0.3, -0.25) is 14.4 Å². The van der Waals surface area contributed by atoms with Gasteiger partial charge in [-0.25, -0.2) is 4.39 Å². The van der Waals surface area contributed by atoms with Crippen LogP contribution in [0.4, 0.5) is 15.8 Å². The molecule has 154 valence electrons. The van der Waals surface area contributed by atoms with Crippen molar-refractivity contribution in [1.82, 2.24) is 5.32 Å². The first-order valence-electron chi connectivity index (χ1n) is 8.81. The van der Waals surface area contributed by atoms with Gasteiger partial charge in [0.2, 0.25) is 5.91 Å². The SMILES string of the molecule is COc1ccc(NC(=O)CNC(=O)c2ccsc2)cc1NC(=O)c1cccc(F)c1. The van der Waals surface area contributed by atoms with Crippen molar-refractivity contribution in [2.75, 3.05) is 24.3 Å². The lowest BCUT2D eigenvalue weighted by Crippen LogP contribution is -2.32. The van der Waals surface area contributed by atoms with Gasteiger partial charge in [0.1, 0.15) is 11.6 Å². The van der Waals surface area contributed by atoms with Gasteiger partial charge in [-0.15, -0.1) is 0 Å². The molecule has 0 aliphatic heterocycles. The lowest BCUT2D eigenvalue weighted by atomic mass is 10.2. The average Bonchev–Trinajstić information content (AvgIpc) is 3.27. The van der Waals surface area contributed by atoms with Gasteiger partial charge in [0.15, 0.2) is 0 Å². The fraction of sp³-hybridized carbons (Fsp3) is 0.0952. The first-order chi connectivity index (χ1) is 14.5. The molecule has 0 saturated carbocycles. The summed E-state index contributed by atoms with van der Waals surface area (Å²) in [6.07, 6.45) is 0. The molecule has 3 aromatic rings. The largest absolute Gasteiger partial charge is 0.495 e. The van der Waals surface area contributed by atoms with E-state index in [0.29, 0.717) is 22.7 Å². The molecule has 0 aliphatic carbocycles. The number of nitrogens with one attached hydrogen (secondary N) is 3. The monoisotopic (exact) mass is 427 g/mol. The van der Waals surface area contributed by atoms with Crippen LogP contribution in [0.3, 0.4) is 0 Å². The van der Waals surface area contributed by atoms with Crippen LogP contribution in [0.5, 0.6) is 5.75 Å². The Bertz CT molecular complexity index is 1070. The van der Waals surface area contributed by atoms with Crippen molar-refractivity contribution < 1.29 is 23.5 Å². The predicted octanol–water partition coefficient (Wildman–Crippen LogP) is 3.52. The summed E-state index contributed by atoms with van der Waals surface area (Å²) in [6, 6.07) is 11.6. The molecule has 0 atom stereocenters. The number of benzene rings is 2. The number of anilines is 2. The van der Waals surface area contributed by atoms with Crippen LogP contribution in [0.25, 0.3) is 0 Å². The quantitative estimate of drug-likeness (QED) is 0.538. The molecule has 1 heterocycles. The van der Waals surface area contributed by atoms with E-state index < -0.39 is 17.6 Å². The standard InChI is InChI=1S/C21H18FN3O4S/c1-29-18-6-5-16(24-19(26)11-23-20(27)14-7-8-30-12-14)10-17(18)25-21(28)13-3-2-4-15(22)9-13/h2-10,12H,11H2,1H3,(H,23,27)(H,24,26)(H,25,28). The van der Waals surface area contributed by atoms with Crippen LogP contribution >= 0.6 is 11.3 Å². The lowest BCUT2D eigenvalue weighted by molar-refractivity contribution is -0.115. The molecule has 3 rings (SSSR count). The van der Waals surface area contributed by atoms with Crippen LogP contribution in [0.1, 0.15) is 20.7 Å². The molecular weight excluding hydrogens is 409 g/mol. The van der Waals surface area contributed by atoms with Gasteiger partial charge in [0.05, 0.1) is 19.3 Å². The van der Waals surface area contributed by atoms with E-state index in [1.807, 2.05) is 0 Å². The van der Waals surface area contributed by atoms with Crippen molar-refractivity contribution >= 4 is 40.4 Å². The number of hydrogen-bond donors (Lipinski definition) is 3. The molecule has 0 saturated heterocycles. The van der Waals surface area contributed by atoms with Gasteiger partial charge in [-0.1, -0.05) is 6.07 Å². The molecule has 7 nitrogen and oxygen atoms in total. The van der Waals surface area contributed by atoms with E-state index in [-0.39, 0.29) is 18.0 Å². The Morgan fingerprint density at radius 2 is 1.83 bits per heavy atom. The van der Waals surface area contributed by atoms with Crippen molar-refractivity contribution in [3.05, 3.63) is 76.2 Å². The van der Waals surface area contributed by atoms with E-state index in [2.05, 4.69) is 16.0 Å². The Balaban J connectivity index is 1.65. The second-order valence-electron chi connectivity index (χ2n) is 6.12. The Hall–Kier alpha value is -3.72. The van der Waals surface area contributed by atoms with Crippen LogP contribution in [0.2, 0.25) is 0 Å². The van der Waals surface area contributed by atoms with Crippen LogP contribution in [-0.4, -0.2) is 31.4 Å². The zero-order valence-electron chi connectivity index (χ0n) is 15.9. The summed E-state index contributed by atoms with van der Waals surface area (Å²) in [5.74, 6) is -1.47. The maximum Gasteiger partial charge on any atom is 0.255 e. The van der Waals surface area contributed by atoms with Crippen molar-refractivity contribution in [2.45, 2.75) is 0 Å².